The molecule has 2 amide bonds. The third-order valence-corrected chi connectivity index (χ3v) is 5.47. The maximum Gasteiger partial charge on any atom is 0.243 e. The molecule has 0 spiro atoms. The molecule has 0 aliphatic heterocycles. The number of hydrogen-bond acceptors (Lipinski definition) is 2. The number of carbonyl (C=O) groups excluding carboxylic acids is 2. The molecular weight excluding hydrogens is 359 g/mol. The summed E-state index contributed by atoms with van der Waals surface area (Å²) in [5.74, 6) is -0.101. The molecule has 4 nitrogen and oxygen atoms in total. The first-order valence-electron chi connectivity index (χ1n) is 9.00. The zero-order chi connectivity index (χ0) is 18.4. The van der Waals surface area contributed by atoms with Gasteiger partial charge in [-0.1, -0.05) is 56.0 Å². The van der Waals surface area contributed by atoms with Crippen LogP contribution in [0.3, 0.4) is 0 Å². The summed E-state index contributed by atoms with van der Waals surface area (Å²) in [5.41, 5.74) is 0.864. The Morgan fingerprint density at radius 3 is 2.44 bits per heavy atom. The number of nitrogens with zero attached hydrogens (tertiary/aromatic N) is 1. The summed E-state index contributed by atoms with van der Waals surface area (Å²) in [6.07, 6.45) is 5.29. The Morgan fingerprint density at radius 1 is 1.20 bits per heavy atom. The van der Waals surface area contributed by atoms with Gasteiger partial charge in [0.15, 0.2) is 0 Å². The van der Waals surface area contributed by atoms with Crippen molar-refractivity contribution in [2.24, 2.45) is 0 Å². The second-order valence-corrected chi connectivity index (χ2v) is 7.35. The molecule has 0 bridgehead atoms. The molecule has 2 rings (SSSR count). The number of benzene rings is 1. The van der Waals surface area contributed by atoms with Crippen molar-refractivity contribution >= 4 is 35.0 Å². The van der Waals surface area contributed by atoms with E-state index >= 15 is 0 Å². The minimum absolute atomic E-state index is 0.0421. The monoisotopic (exact) mass is 384 g/mol. The van der Waals surface area contributed by atoms with E-state index in [-0.39, 0.29) is 17.9 Å². The first-order valence-corrected chi connectivity index (χ1v) is 9.75. The quantitative estimate of drug-likeness (QED) is 0.748. The van der Waals surface area contributed by atoms with Crippen LogP contribution in [-0.4, -0.2) is 28.8 Å². The number of amides is 2. The predicted octanol–water partition coefficient (Wildman–Crippen LogP) is 4.57. The maximum atomic E-state index is 12.8. The highest BCUT2D eigenvalue weighted by atomic mass is 35.5. The van der Waals surface area contributed by atoms with Crippen molar-refractivity contribution in [1.82, 2.24) is 10.2 Å². The fraction of sp³-hybridized carbons (Fsp3) is 0.579. The van der Waals surface area contributed by atoms with Crippen molar-refractivity contribution in [3.63, 3.8) is 0 Å². The minimum Gasteiger partial charge on any atom is -0.352 e. The summed E-state index contributed by atoms with van der Waals surface area (Å²) in [5, 5.41) is 4.04. The van der Waals surface area contributed by atoms with Gasteiger partial charge in [-0.3, -0.25) is 9.59 Å². The average Bonchev–Trinajstić information content (AvgIpc) is 3.10. The normalized spacial score (nSPS) is 15.8. The van der Waals surface area contributed by atoms with E-state index in [4.69, 9.17) is 23.2 Å². The van der Waals surface area contributed by atoms with Gasteiger partial charge in [0.25, 0.3) is 0 Å². The molecule has 1 aromatic carbocycles. The van der Waals surface area contributed by atoms with Crippen molar-refractivity contribution < 1.29 is 9.59 Å². The highest BCUT2D eigenvalue weighted by molar-refractivity contribution is 6.42. The van der Waals surface area contributed by atoms with Gasteiger partial charge in [-0.2, -0.15) is 0 Å². The highest BCUT2D eigenvalue weighted by Gasteiger charge is 2.29. The number of rotatable bonds is 7. The zero-order valence-corrected chi connectivity index (χ0v) is 16.4. The van der Waals surface area contributed by atoms with Crippen LogP contribution in [0.2, 0.25) is 10.0 Å². The standard InChI is InChI=1S/C19H26Cl2N2O2/c1-3-17(19(25)22-14-7-5-6-8-14)23(18(24)4-2)12-13-9-10-15(20)16(21)11-13/h9-11,14,17H,3-8,12H2,1-2H3,(H,22,25)/t17-/m1/s1. The van der Waals surface area contributed by atoms with E-state index in [9.17, 15) is 9.59 Å². The Morgan fingerprint density at radius 2 is 1.88 bits per heavy atom. The molecule has 0 saturated heterocycles. The van der Waals surface area contributed by atoms with Gasteiger partial charge in [-0.05, 0) is 37.0 Å². The van der Waals surface area contributed by atoms with Crippen LogP contribution in [0.4, 0.5) is 0 Å². The smallest absolute Gasteiger partial charge is 0.243 e. The summed E-state index contributed by atoms with van der Waals surface area (Å²) < 4.78 is 0. The van der Waals surface area contributed by atoms with E-state index in [1.807, 2.05) is 19.9 Å². The van der Waals surface area contributed by atoms with Crippen molar-refractivity contribution in [2.45, 2.75) is 71.0 Å². The Kier molecular flexibility index (Phi) is 7.57. The third-order valence-electron chi connectivity index (χ3n) is 4.73. The van der Waals surface area contributed by atoms with Gasteiger partial charge >= 0.3 is 0 Å². The van der Waals surface area contributed by atoms with E-state index in [1.54, 1.807) is 17.0 Å². The topological polar surface area (TPSA) is 49.4 Å². The van der Waals surface area contributed by atoms with Crippen LogP contribution in [0.5, 0.6) is 0 Å². The molecule has 1 fully saturated rings. The summed E-state index contributed by atoms with van der Waals surface area (Å²) in [6.45, 7) is 4.09. The summed E-state index contributed by atoms with van der Waals surface area (Å²) in [7, 11) is 0. The van der Waals surface area contributed by atoms with Gasteiger partial charge in [0.2, 0.25) is 11.8 Å². The van der Waals surface area contributed by atoms with Crippen LogP contribution in [0.25, 0.3) is 0 Å². The molecule has 1 aromatic rings. The average molecular weight is 385 g/mol. The Bertz CT molecular complexity index is 615. The van der Waals surface area contributed by atoms with Crippen LogP contribution in [-0.2, 0) is 16.1 Å². The molecule has 1 aliphatic rings. The lowest BCUT2D eigenvalue weighted by atomic mass is 10.1. The van der Waals surface area contributed by atoms with E-state index in [2.05, 4.69) is 5.32 Å². The Balaban J connectivity index is 2.16. The second-order valence-electron chi connectivity index (χ2n) is 6.54. The molecule has 25 heavy (non-hydrogen) atoms. The van der Waals surface area contributed by atoms with Gasteiger partial charge in [0, 0.05) is 19.0 Å². The van der Waals surface area contributed by atoms with Crippen molar-refractivity contribution in [2.75, 3.05) is 0 Å². The van der Waals surface area contributed by atoms with Crippen LogP contribution in [0.15, 0.2) is 18.2 Å². The first kappa shape index (κ1) is 20.1. The molecule has 138 valence electrons. The molecule has 0 heterocycles. The second kappa shape index (κ2) is 9.44. The largest absolute Gasteiger partial charge is 0.352 e. The zero-order valence-electron chi connectivity index (χ0n) is 14.9. The van der Waals surface area contributed by atoms with Gasteiger partial charge in [-0.15, -0.1) is 0 Å². The lowest BCUT2D eigenvalue weighted by Gasteiger charge is -2.31. The Hall–Kier alpha value is -1.26. The van der Waals surface area contributed by atoms with Gasteiger partial charge in [0.1, 0.15) is 6.04 Å². The summed E-state index contributed by atoms with van der Waals surface area (Å²) in [4.78, 5) is 26.9. The van der Waals surface area contributed by atoms with E-state index in [0.717, 1.165) is 31.2 Å². The van der Waals surface area contributed by atoms with Crippen molar-refractivity contribution in [3.8, 4) is 0 Å². The minimum atomic E-state index is -0.470. The molecule has 0 unspecified atom stereocenters. The SMILES string of the molecule is CCC(=O)N(Cc1ccc(Cl)c(Cl)c1)[C@H](CC)C(=O)NC1CCCC1. The molecule has 1 saturated carbocycles. The van der Waals surface area contributed by atoms with Crippen LogP contribution in [0, 0.1) is 0 Å². The molecule has 0 aromatic heterocycles. The number of carbonyl (C=O) groups is 2. The third kappa shape index (κ3) is 5.35. The van der Waals surface area contributed by atoms with Crippen LogP contribution in [0.1, 0.15) is 57.9 Å². The molecule has 0 radical (unpaired) electrons. The number of nitrogens with one attached hydrogen (secondary N) is 1. The fourth-order valence-electron chi connectivity index (χ4n) is 3.32. The predicted molar refractivity (Wildman–Crippen MR) is 102 cm³/mol. The van der Waals surface area contributed by atoms with Crippen molar-refractivity contribution in [3.05, 3.63) is 33.8 Å². The molecule has 1 N–H and O–H groups in total. The van der Waals surface area contributed by atoms with Gasteiger partial charge in [-0.25, -0.2) is 0 Å². The first-order chi connectivity index (χ1) is 12.0. The molecule has 1 aliphatic carbocycles. The maximum absolute atomic E-state index is 12.8. The number of hydrogen-bond donors (Lipinski definition) is 1. The van der Waals surface area contributed by atoms with Crippen LogP contribution < -0.4 is 5.32 Å². The fourth-order valence-corrected chi connectivity index (χ4v) is 3.65. The van der Waals surface area contributed by atoms with Crippen molar-refractivity contribution in [1.29, 1.82) is 0 Å². The Labute approximate surface area is 159 Å². The highest BCUT2D eigenvalue weighted by Crippen LogP contribution is 2.24. The molecule has 6 heteroatoms. The lowest BCUT2D eigenvalue weighted by Crippen LogP contribution is -2.50. The van der Waals surface area contributed by atoms with Gasteiger partial charge in [0.05, 0.1) is 10.0 Å². The molecular formula is C19H26Cl2N2O2. The van der Waals surface area contributed by atoms with Gasteiger partial charge < -0.3 is 10.2 Å². The van der Waals surface area contributed by atoms with E-state index in [0.29, 0.717) is 29.4 Å². The summed E-state index contributed by atoms with van der Waals surface area (Å²) >= 11 is 12.1. The molecule has 1 atom stereocenters. The lowest BCUT2D eigenvalue weighted by molar-refractivity contribution is -0.141. The van der Waals surface area contributed by atoms with E-state index < -0.39 is 6.04 Å². The van der Waals surface area contributed by atoms with E-state index in [1.165, 1.54) is 0 Å². The summed E-state index contributed by atoms with van der Waals surface area (Å²) in [6, 6.07) is 5.08. The van der Waals surface area contributed by atoms with Crippen LogP contribution >= 0.6 is 23.2 Å². The number of halogens is 2.